The molecule has 1 heteroatoms. The lowest BCUT2D eigenvalue weighted by atomic mass is 10.1. The van der Waals surface area contributed by atoms with Crippen LogP contribution in [-0.2, 0) is 13.0 Å². The first-order valence-electron chi connectivity index (χ1n) is 7.76. The first-order valence-corrected chi connectivity index (χ1v) is 7.76. The molecule has 0 aliphatic rings. The smallest absolute Gasteiger partial charge is 0.0491 e. The Morgan fingerprint density at radius 3 is 2.10 bits per heavy atom. The molecule has 0 N–H and O–H groups in total. The van der Waals surface area contributed by atoms with E-state index in [4.69, 9.17) is 0 Å². The van der Waals surface area contributed by atoms with Gasteiger partial charge in [0.1, 0.15) is 0 Å². The van der Waals surface area contributed by atoms with Crippen LogP contribution in [0.25, 0.3) is 21.8 Å². The molecule has 0 spiro atoms. The second-order valence-corrected chi connectivity index (χ2v) is 5.17. The van der Waals surface area contributed by atoms with Crippen molar-refractivity contribution in [1.82, 2.24) is 4.57 Å². The van der Waals surface area contributed by atoms with Crippen LogP contribution in [-0.4, -0.2) is 4.57 Å². The summed E-state index contributed by atoms with van der Waals surface area (Å²) in [4.78, 5) is 0. The van der Waals surface area contributed by atoms with E-state index in [9.17, 15) is 0 Å². The molecule has 20 heavy (non-hydrogen) atoms. The number of hydrogen-bond donors (Lipinski definition) is 0. The van der Waals surface area contributed by atoms with Gasteiger partial charge in [-0.1, -0.05) is 51.5 Å². The van der Waals surface area contributed by atoms with Gasteiger partial charge >= 0.3 is 0 Å². The minimum atomic E-state index is 1.02. The van der Waals surface area contributed by atoms with Gasteiger partial charge in [-0.25, -0.2) is 0 Å². The fourth-order valence-electron chi connectivity index (χ4n) is 2.66. The van der Waals surface area contributed by atoms with Crippen molar-refractivity contribution in [1.29, 1.82) is 0 Å². The fraction of sp³-hybridized carbons (Fsp3) is 0.368. The largest absolute Gasteiger partial charge is 0.341 e. The lowest BCUT2D eigenvalue weighted by Gasteiger charge is -2.03. The molecule has 0 amide bonds. The summed E-state index contributed by atoms with van der Waals surface area (Å²) in [5.74, 6) is 0. The van der Waals surface area contributed by atoms with Crippen LogP contribution in [0.1, 0.15) is 39.7 Å². The van der Waals surface area contributed by atoms with Crippen molar-refractivity contribution in [3.63, 3.8) is 0 Å². The maximum Gasteiger partial charge on any atom is 0.0491 e. The predicted molar refractivity (Wildman–Crippen MR) is 90.5 cm³/mol. The van der Waals surface area contributed by atoms with Gasteiger partial charge in [-0.05, 0) is 37.1 Å². The SMILES string of the molecule is CCC.CCc1ccc2c(c1)c1ccccc1n2CC. The number of fused-ring (bicyclic) bond motifs is 3. The van der Waals surface area contributed by atoms with Gasteiger partial charge in [0.15, 0.2) is 0 Å². The number of benzene rings is 2. The fourth-order valence-corrected chi connectivity index (χ4v) is 2.66. The van der Waals surface area contributed by atoms with Crippen LogP contribution in [0.4, 0.5) is 0 Å². The molecule has 1 heterocycles. The Morgan fingerprint density at radius 1 is 0.800 bits per heavy atom. The molecule has 0 atom stereocenters. The highest BCUT2D eigenvalue weighted by molar-refractivity contribution is 6.08. The molecule has 2 aromatic carbocycles. The molecule has 0 aliphatic carbocycles. The van der Waals surface area contributed by atoms with Crippen LogP contribution in [0, 0.1) is 0 Å². The van der Waals surface area contributed by atoms with Gasteiger partial charge in [-0.2, -0.15) is 0 Å². The van der Waals surface area contributed by atoms with Crippen molar-refractivity contribution in [3.8, 4) is 0 Å². The van der Waals surface area contributed by atoms with E-state index in [2.05, 4.69) is 74.7 Å². The Kier molecular flexibility index (Phi) is 4.84. The summed E-state index contributed by atoms with van der Waals surface area (Å²) in [7, 11) is 0. The quantitative estimate of drug-likeness (QED) is 0.553. The van der Waals surface area contributed by atoms with Gasteiger partial charge in [0.25, 0.3) is 0 Å². The first-order chi connectivity index (χ1) is 9.76. The van der Waals surface area contributed by atoms with Gasteiger partial charge in [0.05, 0.1) is 0 Å². The van der Waals surface area contributed by atoms with E-state index < -0.39 is 0 Å². The zero-order valence-corrected chi connectivity index (χ0v) is 13.1. The second-order valence-electron chi connectivity index (χ2n) is 5.17. The van der Waals surface area contributed by atoms with Gasteiger partial charge in [-0.3, -0.25) is 0 Å². The van der Waals surface area contributed by atoms with Gasteiger partial charge in [0.2, 0.25) is 0 Å². The molecule has 1 nitrogen and oxygen atoms in total. The van der Waals surface area contributed by atoms with E-state index in [1.165, 1.54) is 33.8 Å². The van der Waals surface area contributed by atoms with Crippen LogP contribution in [0.3, 0.4) is 0 Å². The molecule has 3 aromatic rings. The predicted octanol–water partition coefficient (Wildman–Crippen LogP) is 5.79. The third-order valence-electron chi connectivity index (χ3n) is 3.56. The van der Waals surface area contributed by atoms with Gasteiger partial charge in [0, 0.05) is 28.4 Å². The van der Waals surface area contributed by atoms with Gasteiger partial charge < -0.3 is 4.57 Å². The first kappa shape index (κ1) is 14.6. The van der Waals surface area contributed by atoms with Crippen LogP contribution in [0.15, 0.2) is 42.5 Å². The van der Waals surface area contributed by atoms with Crippen molar-refractivity contribution >= 4 is 21.8 Å². The molecule has 0 unspecified atom stereocenters. The Morgan fingerprint density at radius 2 is 1.45 bits per heavy atom. The minimum Gasteiger partial charge on any atom is -0.341 e. The van der Waals surface area contributed by atoms with Crippen molar-refractivity contribution in [2.24, 2.45) is 0 Å². The van der Waals surface area contributed by atoms with Crippen LogP contribution < -0.4 is 0 Å². The third kappa shape index (κ3) is 2.58. The van der Waals surface area contributed by atoms with Crippen LogP contribution in [0.2, 0.25) is 0 Å². The molecular weight excluding hydrogens is 242 g/mol. The monoisotopic (exact) mass is 267 g/mol. The van der Waals surface area contributed by atoms with Crippen LogP contribution >= 0.6 is 0 Å². The lowest BCUT2D eigenvalue weighted by Crippen LogP contribution is -1.92. The van der Waals surface area contributed by atoms with E-state index in [1.807, 2.05) is 0 Å². The normalized spacial score (nSPS) is 10.6. The number of hydrogen-bond acceptors (Lipinski definition) is 0. The molecule has 1 aromatic heterocycles. The zero-order valence-electron chi connectivity index (χ0n) is 13.1. The molecular formula is C19H25N. The minimum absolute atomic E-state index is 1.02. The molecule has 106 valence electrons. The summed E-state index contributed by atoms with van der Waals surface area (Å²) in [6, 6.07) is 15.5. The summed E-state index contributed by atoms with van der Waals surface area (Å²) < 4.78 is 2.39. The molecule has 0 fully saturated rings. The van der Waals surface area contributed by atoms with E-state index >= 15 is 0 Å². The standard InChI is InChI=1S/C16H17N.C3H8/c1-3-12-9-10-16-14(11-12)13-7-5-6-8-15(13)17(16)4-2;1-3-2/h5-11H,3-4H2,1-2H3;3H2,1-2H3. The van der Waals surface area contributed by atoms with Crippen molar-refractivity contribution in [2.45, 2.75) is 47.1 Å². The number of rotatable bonds is 2. The topological polar surface area (TPSA) is 4.93 Å². The number of para-hydroxylation sites is 1. The summed E-state index contributed by atoms with van der Waals surface area (Å²) in [5.41, 5.74) is 4.11. The number of aromatic nitrogens is 1. The highest BCUT2D eigenvalue weighted by Gasteiger charge is 2.08. The number of nitrogens with zero attached hydrogens (tertiary/aromatic N) is 1. The Balaban J connectivity index is 0.000000452. The van der Waals surface area contributed by atoms with E-state index in [-0.39, 0.29) is 0 Å². The maximum absolute atomic E-state index is 2.39. The van der Waals surface area contributed by atoms with Crippen LogP contribution in [0.5, 0.6) is 0 Å². The lowest BCUT2D eigenvalue weighted by molar-refractivity contribution is 0.827. The maximum atomic E-state index is 2.39. The molecule has 0 saturated carbocycles. The molecule has 0 bridgehead atoms. The highest BCUT2D eigenvalue weighted by atomic mass is 15.0. The average Bonchev–Trinajstić information content (AvgIpc) is 2.81. The third-order valence-corrected chi connectivity index (χ3v) is 3.56. The molecule has 3 rings (SSSR count). The second kappa shape index (κ2) is 6.60. The highest BCUT2D eigenvalue weighted by Crippen LogP contribution is 2.29. The van der Waals surface area contributed by atoms with Gasteiger partial charge in [-0.15, -0.1) is 0 Å². The Labute approximate surface area is 122 Å². The number of aryl methyl sites for hydroxylation is 2. The van der Waals surface area contributed by atoms with E-state index in [1.54, 1.807) is 0 Å². The molecule has 0 saturated heterocycles. The summed E-state index contributed by atoms with van der Waals surface area (Å²) in [5, 5.41) is 2.77. The molecule has 0 radical (unpaired) electrons. The molecule has 0 aliphatic heterocycles. The van der Waals surface area contributed by atoms with Crippen molar-refractivity contribution < 1.29 is 0 Å². The Bertz CT molecular complexity index is 691. The average molecular weight is 267 g/mol. The summed E-state index contributed by atoms with van der Waals surface area (Å²) in [6.45, 7) is 9.69. The summed E-state index contributed by atoms with van der Waals surface area (Å²) in [6.07, 6.45) is 2.35. The van der Waals surface area contributed by atoms with Crippen molar-refractivity contribution in [3.05, 3.63) is 48.0 Å². The van der Waals surface area contributed by atoms with Crippen molar-refractivity contribution in [2.75, 3.05) is 0 Å². The van der Waals surface area contributed by atoms with E-state index in [0.29, 0.717) is 0 Å². The Hall–Kier alpha value is -1.76. The summed E-state index contributed by atoms with van der Waals surface area (Å²) >= 11 is 0. The van der Waals surface area contributed by atoms with E-state index in [0.717, 1.165) is 13.0 Å². The zero-order chi connectivity index (χ0) is 14.5.